The standard InChI is InChI=1S/C15H19NO5/c1-9-4-5-11(10(2)8-9)14(18)16-12(15(19)20)6-7-13(17)21-3/h4-5,8,12H,6-7H2,1-3H3,(H,16,18)(H,19,20). The minimum Gasteiger partial charge on any atom is -0.480 e. The Labute approximate surface area is 123 Å². The van der Waals surface area contributed by atoms with E-state index in [4.69, 9.17) is 5.11 Å². The molecule has 6 nitrogen and oxygen atoms in total. The van der Waals surface area contributed by atoms with E-state index in [0.29, 0.717) is 5.56 Å². The fourth-order valence-corrected chi connectivity index (χ4v) is 1.93. The van der Waals surface area contributed by atoms with Crippen molar-refractivity contribution in [2.75, 3.05) is 7.11 Å². The van der Waals surface area contributed by atoms with Crippen molar-refractivity contribution in [3.05, 3.63) is 34.9 Å². The van der Waals surface area contributed by atoms with E-state index < -0.39 is 23.9 Å². The molecule has 0 aromatic heterocycles. The van der Waals surface area contributed by atoms with Crippen molar-refractivity contribution in [2.24, 2.45) is 0 Å². The zero-order valence-corrected chi connectivity index (χ0v) is 12.3. The van der Waals surface area contributed by atoms with Crippen molar-refractivity contribution in [3.8, 4) is 0 Å². The first-order chi connectivity index (χ1) is 9.85. The predicted octanol–water partition coefficient (Wildman–Crippen LogP) is 1.44. The van der Waals surface area contributed by atoms with Gasteiger partial charge in [-0.2, -0.15) is 0 Å². The molecule has 2 N–H and O–H groups in total. The molecular formula is C15H19NO5. The largest absolute Gasteiger partial charge is 0.480 e. The summed E-state index contributed by atoms with van der Waals surface area (Å²) in [5, 5.41) is 11.5. The lowest BCUT2D eigenvalue weighted by Gasteiger charge is -2.15. The molecule has 0 heterocycles. The molecule has 0 aliphatic rings. The maximum atomic E-state index is 12.1. The molecule has 0 aliphatic heterocycles. The number of rotatable bonds is 6. The lowest BCUT2D eigenvalue weighted by molar-refractivity contribution is -0.142. The Kier molecular flexibility index (Phi) is 5.90. The Hall–Kier alpha value is -2.37. The molecule has 0 spiro atoms. The number of hydrogen-bond acceptors (Lipinski definition) is 4. The SMILES string of the molecule is COC(=O)CCC(NC(=O)c1ccc(C)cc1C)C(=O)O. The summed E-state index contributed by atoms with van der Waals surface area (Å²) in [6.07, 6.45) is -0.0840. The van der Waals surface area contributed by atoms with Crippen LogP contribution in [0.5, 0.6) is 0 Å². The third-order valence-corrected chi connectivity index (χ3v) is 3.09. The number of nitrogens with one attached hydrogen (secondary N) is 1. The van der Waals surface area contributed by atoms with Crippen LogP contribution in [0.1, 0.15) is 34.3 Å². The van der Waals surface area contributed by atoms with Crippen molar-refractivity contribution in [2.45, 2.75) is 32.7 Å². The highest BCUT2D eigenvalue weighted by atomic mass is 16.5. The maximum absolute atomic E-state index is 12.1. The number of carbonyl (C=O) groups is 3. The number of carboxylic acids is 1. The molecule has 0 saturated carbocycles. The van der Waals surface area contributed by atoms with Crippen LogP contribution in [0.15, 0.2) is 18.2 Å². The molecule has 21 heavy (non-hydrogen) atoms. The summed E-state index contributed by atoms with van der Waals surface area (Å²) >= 11 is 0. The quantitative estimate of drug-likeness (QED) is 0.774. The zero-order chi connectivity index (χ0) is 16.0. The highest BCUT2D eigenvalue weighted by Gasteiger charge is 2.22. The highest BCUT2D eigenvalue weighted by Crippen LogP contribution is 2.11. The van der Waals surface area contributed by atoms with Crippen LogP contribution in [-0.2, 0) is 14.3 Å². The van der Waals surface area contributed by atoms with Gasteiger partial charge in [-0.15, -0.1) is 0 Å². The molecule has 0 aliphatic carbocycles. The van der Waals surface area contributed by atoms with Gasteiger partial charge in [-0.3, -0.25) is 9.59 Å². The maximum Gasteiger partial charge on any atom is 0.326 e. The number of carbonyl (C=O) groups excluding carboxylic acids is 2. The summed E-state index contributed by atoms with van der Waals surface area (Å²) < 4.78 is 4.46. The van der Waals surface area contributed by atoms with Crippen LogP contribution in [-0.4, -0.2) is 36.1 Å². The van der Waals surface area contributed by atoms with E-state index in [2.05, 4.69) is 10.1 Å². The van der Waals surface area contributed by atoms with Gasteiger partial charge in [0.05, 0.1) is 7.11 Å². The number of aryl methyl sites for hydroxylation is 2. The van der Waals surface area contributed by atoms with E-state index in [0.717, 1.165) is 11.1 Å². The monoisotopic (exact) mass is 293 g/mol. The highest BCUT2D eigenvalue weighted by molar-refractivity contribution is 5.97. The van der Waals surface area contributed by atoms with E-state index >= 15 is 0 Å². The third kappa shape index (κ3) is 4.91. The second-order valence-electron chi connectivity index (χ2n) is 4.80. The third-order valence-electron chi connectivity index (χ3n) is 3.09. The number of ether oxygens (including phenoxy) is 1. The summed E-state index contributed by atoms with van der Waals surface area (Å²) in [5.41, 5.74) is 2.21. The molecule has 1 rings (SSSR count). The first-order valence-electron chi connectivity index (χ1n) is 6.53. The summed E-state index contributed by atoms with van der Waals surface area (Å²) in [5.74, 6) is -2.16. The van der Waals surface area contributed by atoms with Crippen LogP contribution in [0.2, 0.25) is 0 Å². The van der Waals surface area contributed by atoms with E-state index in [1.54, 1.807) is 19.1 Å². The van der Waals surface area contributed by atoms with Crippen LogP contribution >= 0.6 is 0 Å². The molecule has 1 atom stereocenters. The van der Waals surface area contributed by atoms with Gasteiger partial charge in [0.1, 0.15) is 6.04 Å². The van der Waals surface area contributed by atoms with Gasteiger partial charge in [0, 0.05) is 12.0 Å². The van der Waals surface area contributed by atoms with Crippen molar-refractivity contribution in [3.63, 3.8) is 0 Å². The molecule has 1 amide bonds. The average Bonchev–Trinajstić information content (AvgIpc) is 2.42. The van der Waals surface area contributed by atoms with Gasteiger partial charge in [0.2, 0.25) is 0 Å². The number of methoxy groups -OCH3 is 1. The average molecular weight is 293 g/mol. The lowest BCUT2D eigenvalue weighted by Crippen LogP contribution is -2.41. The normalized spacial score (nSPS) is 11.6. The van der Waals surface area contributed by atoms with Crippen molar-refractivity contribution < 1.29 is 24.2 Å². The first-order valence-corrected chi connectivity index (χ1v) is 6.53. The second-order valence-corrected chi connectivity index (χ2v) is 4.80. The first kappa shape index (κ1) is 16.7. The summed E-state index contributed by atoms with van der Waals surface area (Å²) in [6.45, 7) is 3.69. The fraction of sp³-hybridized carbons (Fsp3) is 0.400. The predicted molar refractivity (Wildman–Crippen MR) is 76.1 cm³/mol. The van der Waals surface area contributed by atoms with Crippen LogP contribution in [0.3, 0.4) is 0 Å². The minimum atomic E-state index is -1.18. The Morgan fingerprint density at radius 3 is 2.48 bits per heavy atom. The van der Waals surface area contributed by atoms with Crippen molar-refractivity contribution >= 4 is 17.8 Å². The van der Waals surface area contributed by atoms with Gasteiger partial charge in [-0.25, -0.2) is 4.79 Å². The Bertz CT molecular complexity index is 553. The zero-order valence-electron chi connectivity index (χ0n) is 12.3. The van der Waals surface area contributed by atoms with Crippen molar-refractivity contribution in [1.82, 2.24) is 5.32 Å². The van der Waals surface area contributed by atoms with Gasteiger partial charge >= 0.3 is 11.9 Å². The van der Waals surface area contributed by atoms with Crippen LogP contribution in [0.4, 0.5) is 0 Å². The van der Waals surface area contributed by atoms with Crippen LogP contribution < -0.4 is 5.32 Å². The summed E-state index contributed by atoms with van der Waals surface area (Å²) in [7, 11) is 1.23. The Morgan fingerprint density at radius 2 is 1.95 bits per heavy atom. The summed E-state index contributed by atoms with van der Waals surface area (Å²) in [6, 6.07) is 4.15. The lowest BCUT2D eigenvalue weighted by atomic mass is 10.0. The molecule has 114 valence electrons. The molecule has 1 aromatic carbocycles. The molecule has 0 radical (unpaired) electrons. The molecule has 1 aromatic rings. The van der Waals surface area contributed by atoms with Crippen LogP contribution in [0.25, 0.3) is 0 Å². The van der Waals surface area contributed by atoms with Crippen LogP contribution in [0, 0.1) is 13.8 Å². The Balaban J connectivity index is 2.76. The number of amides is 1. The van der Waals surface area contributed by atoms with Gasteiger partial charge < -0.3 is 15.2 Å². The molecule has 0 bridgehead atoms. The van der Waals surface area contributed by atoms with Gasteiger partial charge in [-0.1, -0.05) is 17.7 Å². The smallest absolute Gasteiger partial charge is 0.326 e. The number of aliphatic carboxylic acids is 1. The van der Waals surface area contributed by atoms with Gasteiger partial charge in [0.15, 0.2) is 0 Å². The van der Waals surface area contributed by atoms with E-state index in [1.807, 2.05) is 13.0 Å². The fourth-order valence-electron chi connectivity index (χ4n) is 1.93. The van der Waals surface area contributed by atoms with E-state index in [9.17, 15) is 14.4 Å². The molecule has 0 fully saturated rings. The topological polar surface area (TPSA) is 92.7 Å². The molecule has 6 heteroatoms. The minimum absolute atomic E-state index is 0.0152. The number of hydrogen-bond donors (Lipinski definition) is 2. The summed E-state index contributed by atoms with van der Waals surface area (Å²) in [4.78, 5) is 34.3. The van der Waals surface area contributed by atoms with Gasteiger partial charge in [-0.05, 0) is 31.9 Å². The molecule has 0 saturated heterocycles. The molecule has 1 unspecified atom stereocenters. The van der Waals surface area contributed by atoms with Crippen molar-refractivity contribution in [1.29, 1.82) is 0 Å². The second kappa shape index (κ2) is 7.42. The number of esters is 1. The van der Waals surface area contributed by atoms with E-state index in [1.165, 1.54) is 7.11 Å². The number of benzene rings is 1. The molecular weight excluding hydrogens is 274 g/mol. The Morgan fingerprint density at radius 1 is 1.29 bits per heavy atom. The van der Waals surface area contributed by atoms with E-state index in [-0.39, 0.29) is 12.8 Å². The van der Waals surface area contributed by atoms with Gasteiger partial charge in [0.25, 0.3) is 5.91 Å². The number of carboxylic acid groups (broad SMARTS) is 1.